The number of fused-ring (bicyclic) bond motifs is 1. The molecule has 0 aliphatic carbocycles. The maximum Gasteiger partial charge on any atom is 0.243 e. The van der Waals surface area contributed by atoms with Crippen molar-refractivity contribution < 1.29 is 13.2 Å². The number of sulfonamides is 1. The minimum absolute atomic E-state index is 0.160. The molecule has 1 aliphatic heterocycles. The van der Waals surface area contributed by atoms with Gasteiger partial charge in [-0.15, -0.1) is 0 Å². The van der Waals surface area contributed by atoms with Crippen molar-refractivity contribution in [2.75, 3.05) is 18.9 Å². The van der Waals surface area contributed by atoms with Crippen molar-refractivity contribution in [3.63, 3.8) is 0 Å². The smallest absolute Gasteiger partial charge is 0.243 e. The van der Waals surface area contributed by atoms with Crippen LogP contribution in [0.3, 0.4) is 0 Å². The third-order valence-electron chi connectivity index (χ3n) is 5.19. The number of hydrogen-bond donors (Lipinski definition) is 1. The van der Waals surface area contributed by atoms with E-state index < -0.39 is 15.9 Å². The van der Waals surface area contributed by atoms with E-state index >= 15 is 0 Å². The molecule has 0 saturated heterocycles. The predicted molar refractivity (Wildman–Crippen MR) is 115 cm³/mol. The number of imidazole rings is 1. The number of aromatic nitrogens is 2. The molecule has 0 atom stereocenters. The van der Waals surface area contributed by atoms with Gasteiger partial charge in [-0.05, 0) is 37.1 Å². The van der Waals surface area contributed by atoms with Crippen LogP contribution < -0.4 is 5.32 Å². The van der Waals surface area contributed by atoms with Gasteiger partial charge in [-0.3, -0.25) is 4.79 Å². The molecule has 0 bridgehead atoms. The molecule has 2 aromatic carbocycles. The molecule has 1 aromatic heterocycles. The Balaban J connectivity index is 1.39. The zero-order valence-corrected chi connectivity index (χ0v) is 17.6. The van der Waals surface area contributed by atoms with Crippen LogP contribution in [0, 0.1) is 0 Å². The summed E-state index contributed by atoms with van der Waals surface area (Å²) in [6, 6.07) is 15.5. The van der Waals surface area contributed by atoms with Crippen LogP contribution in [0.4, 0.5) is 5.69 Å². The summed E-state index contributed by atoms with van der Waals surface area (Å²) in [7, 11) is -2.31. The van der Waals surface area contributed by atoms with Gasteiger partial charge in [-0.2, -0.15) is 4.31 Å². The second kappa shape index (κ2) is 8.41. The van der Waals surface area contributed by atoms with Crippen LogP contribution >= 0.6 is 0 Å². The van der Waals surface area contributed by atoms with Gasteiger partial charge in [0.25, 0.3) is 0 Å². The highest BCUT2D eigenvalue weighted by Gasteiger charge is 2.22. The number of nitrogens with zero attached hydrogens (tertiary/aromatic N) is 3. The molecule has 0 spiro atoms. The fraction of sp³-hybridized carbons (Fsp3) is 0.273. The van der Waals surface area contributed by atoms with Crippen LogP contribution in [0.1, 0.15) is 18.7 Å². The lowest BCUT2D eigenvalue weighted by atomic mass is 10.1. The summed E-state index contributed by atoms with van der Waals surface area (Å²) in [5.41, 5.74) is 2.52. The molecule has 1 N–H and O–H groups in total. The average Bonchev–Trinajstić information content (AvgIpc) is 3.19. The number of hydrogen-bond acceptors (Lipinski definition) is 4. The summed E-state index contributed by atoms with van der Waals surface area (Å²) in [5, 5.41) is 2.75. The summed E-state index contributed by atoms with van der Waals surface area (Å²) < 4.78 is 28.3. The van der Waals surface area contributed by atoms with Crippen molar-refractivity contribution in [2.45, 2.75) is 30.7 Å². The molecule has 0 saturated carbocycles. The molecule has 0 fully saturated rings. The number of carbonyl (C=O) groups is 1. The van der Waals surface area contributed by atoms with E-state index in [0.717, 1.165) is 34.4 Å². The van der Waals surface area contributed by atoms with E-state index in [1.54, 1.807) is 30.3 Å². The largest absolute Gasteiger partial charge is 0.334 e. The third-order valence-corrected chi connectivity index (χ3v) is 7.01. The molecule has 1 amide bonds. The highest BCUT2D eigenvalue weighted by molar-refractivity contribution is 7.89. The summed E-state index contributed by atoms with van der Waals surface area (Å²) in [6.07, 6.45) is 5.44. The van der Waals surface area contributed by atoms with Gasteiger partial charge in [0.05, 0.1) is 17.1 Å². The van der Waals surface area contributed by atoms with E-state index in [1.165, 1.54) is 32.0 Å². The van der Waals surface area contributed by atoms with Gasteiger partial charge in [0.1, 0.15) is 5.82 Å². The summed E-state index contributed by atoms with van der Waals surface area (Å²) in [6.45, 7) is 0.739. The first-order valence-corrected chi connectivity index (χ1v) is 11.4. The number of amides is 1. The number of benzene rings is 2. The SMILES string of the molecule is CN(CC(=O)Nc1ccc(-c2cn3c(n2)CCCC3)cc1)S(=O)(=O)c1ccccc1. The minimum atomic E-state index is -3.71. The lowest BCUT2D eigenvalue weighted by Gasteiger charge is -2.17. The van der Waals surface area contributed by atoms with E-state index in [1.807, 2.05) is 12.1 Å². The number of anilines is 1. The Bertz CT molecular complexity index is 1120. The van der Waals surface area contributed by atoms with Crippen molar-refractivity contribution in [1.82, 2.24) is 13.9 Å². The molecular weight excluding hydrogens is 400 g/mol. The topological polar surface area (TPSA) is 84.3 Å². The van der Waals surface area contributed by atoms with Crippen molar-refractivity contribution in [3.05, 3.63) is 66.6 Å². The second-order valence-electron chi connectivity index (χ2n) is 7.39. The van der Waals surface area contributed by atoms with Crippen molar-refractivity contribution in [1.29, 1.82) is 0 Å². The molecule has 7 nitrogen and oxygen atoms in total. The monoisotopic (exact) mass is 424 g/mol. The van der Waals surface area contributed by atoms with Crippen molar-refractivity contribution in [3.8, 4) is 11.3 Å². The van der Waals surface area contributed by atoms with Gasteiger partial charge < -0.3 is 9.88 Å². The van der Waals surface area contributed by atoms with E-state index in [2.05, 4.69) is 16.1 Å². The van der Waals surface area contributed by atoms with Gasteiger partial charge in [-0.25, -0.2) is 13.4 Å². The Labute approximate surface area is 176 Å². The van der Waals surface area contributed by atoms with Gasteiger partial charge >= 0.3 is 0 Å². The van der Waals surface area contributed by atoms with Gasteiger partial charge in [0.2, 0.25) is 15.9 Å². The van der Waals surface area contributed by atoms with Crippen LogP contribution in [0.2, 0.25) is 0 Å². The lowest BCUT2D eigenvalue weighted by Crippen LogP contribution is -2.34. The molecule has 2 heterocycles. The Morgan fingerprint density at radius 3 is 2.53 bits per heavy atom. The average molecular weight is 425 g/mol. The highest BCUT2D eigenvalue weighted by Crippen LogP contribution is 2.24. The molecule has 0 radical (unpaired) electrons. The molecule has 4 rings (SSSR count). The minimum Gasteiger partial charge on any atom is -0.334 e. The van der Waals surface area contributed by atoms with E-state index in [9.17, 15) is 13.2 Å². The maximum absolute atomic E-state index is 12.5. The van der Waals surface area contributed by atoms with E-state index in [-0.39, 0.29) is 11.4 Å². The molecule has 1 aliphatic rings. The second-order valence-corrected chi connectivity index (χ2v) is 9.44. The van der Waals surface area contributed by atoms with Crippen molar-refractivity contribution >= 4 is 21.6 Å². The summed E-state index contributed by atoms with van der Waals surface area (Å²) in [4.78, 5) is 17.2. The van der Waals surface area contributed by atoms with Crippen LogP contribution in [0.25, 0.3) is 11.3 Å². The predicted octanol–water partition coefficient (Wildman–Crippen LogP) is 3.15. The molecule has 30 heavy (non-hydrogen) atoms. The number of nitrogens with one attached hydrogen (secondary N) is 1. The normalized spacial score (nSPS) is 13.8. The summed E-state index contributed by atoms with van der Waals surface area (Å²) >= 11 is 0. The molecule has 3 aromatic rings. The van der Waals surface area contributed by atoms with Gasteiger partial charge in [-0.1, -0.05) is 30.3 Å². The number of rotatable bonds is 6. The Hall–Kier alpha value is -2.97. The quantitative estimate of drug-likeness (QED) is 0.659. The van der Waals surface area contributed by atoms with Crippen molar-refractivity contribution in [2.24, 2.45) is 0 Å². The van der Waals surface area contributed by atoms with Gasteiger partial charge in [0, 0.05) is 37.5 Å². The van der Waals surface area contributed by atoms with E-state index in [0.29, 0.717) is 5.69 Å². The van der Waals surface area contributed by atoms with Crippen LogP contribution in [0.15, 0.2) is 65.7 Å². The molecule has 0 unspecified atom stereocenters. The first-order valence-electron chi connectivity index (χ1n) is 9.91. The Morgan fingerprint density at radius 2 is 1.83 bits per heavy atom. The first kappa shape index (κ1) is 20.3. The Kier molecular flexibility index (Phi) is 5.69. The lowest BCUT2D eigenvalue weighted by molar-refractivity contribution is -0.116. The fourth-order valence-electron chi connectivity index (χ4n) is 3.54. The fourth-order valence-corrected chi connectivity index (χ4v) is 4.68. The molecular formula is C22H24N4O3S. The molecule has 156 valence electrons. The first-order chi connectivity index (χ1) is 14.4. The van der Waals surface area contributed by atoms with E-state index in [4.69, 9.17) is 4.98 Å². The number of likely N-dealkylation sites (N-methyl/N-ethyl adjacent to an activating group) is 1. The van der Waals surface area contributed by atoms with Gasteiger partial charge in [0.15, 0.2) is 0 Å². The van der Waals surface area contributed by atoms with Crippen LogP contribution in [-0.4, -0.2) is 41.8 Å². The maximum atomic E-state index is 12.5. The number of carbonyl (C=O) groups excluding carboxylic acids is 1. The zero-order chi connectivity index (χ0) is 21.1. The van der Waals surface area contributed by atoms with Crippen LogP contribution in [0.5, 0.6) is 0 Å². The zero-order valence-electron chi connectivity index (χ0n) is 16.8. The number of aryl methyl sites for hydroxylation is 2. The highest BCUT2D eigenvalue weighted by atomic mass is 32.2. The Morgan fingerprint density at radius 1 is 1.10 bits per heavy atom. The molecule has 8 heteroatoms. The third kappa shape index (κ3) is 4.29. The standard InChI is InChI=1S/C22H24N4O3S/c1-25(30(28,29)19-7-3-2-4-8-19)16-22(27)23-18-12-10-17(11-13-18)20-15-26-14-6-5-9-21(26)24-20/h2-4,7-8,10-13,15H,5-6,9,14,16H2,1H3,(H,23,27). The van der Waals surface area contributed by atoms with Crippen LogP contribution in [-0.2, 0) is 27.8 Å². The summed E-state index contributed by atoms with van der Waals surface area (Å²) in [5.74, 6) is 0.721.